The molecule has 0 atom stereocenters. The molecule has 0 radical (unpaired) electrons. The molecule has 12 aromatic rings. The van der Waals surface area contributed by atoms with Crippen LogP contribution in [-0.2, 0) is 0 Å². The lowest BCUT2D eigenvalue weighted by atomic mass is 9.85. The Morgan fingerprint density at radius 2 is 0.245 bits per heavy atom. The lowest BCUT2D eigenvalue weighted by Crippen LogP contribution is -2.11. The fourth-order valence-corrected chi connectivity index (χ4v) is 11.7. The van der Waals surface area contributed by atoms with Crippen LogP contribution in [-0.4, -0.2) is 56.9 Å². The average molecular weight is 1240 g/mol. The van der Waals surface area contributed by atoms with E-state index in [4.69, 9.17) is 37.9 Å². The highest BCUT2D eigenvalue weighted by molar-refractivity contribution is 6.05. The SMILES string of the molecule is COc1ccc(N(c2ccc(OC)cc2)c2ccc(C(=C(c3ccc(N(c4ccc(OC)cc4)c4ccc(OC)cc4)cc3)c3ccc(N(c4ccc(OC)cc4)c4ccc(OC)cc4)cc3)c3ccc(N(c4ccc(OC)cc4)c4ccc(OC)cc4)cc3)cc2)cc1. The molecule has 12 nitrogen and oxygen atoms in total. The smallest absolute Gasteiger partial charge is 0.119 e. The summed E-state index contributed by atoms with van der Waals surface area (Å²) in [7, 11) is 13.5. The third-order valence-electron chi connectivity index (χ3n) is 16.6. The number of rotatable bonds is 24. The Morgan fingerprint density at radius 3 is 0.340 bits per heavy atom. The van der Waals surface area contributed by atoms with E-state index in [1.165, 1.54) is 0 Å². The highest BCUT2D eigenvalue weighted by Gasteiger charge is 2.23. The van der Waals surface area contributed by atoms with E-state index in [1.807, 2.05) is 97.1 Å². The molecular weight excluding hydrogens is 1170 g/mol. The van der Waals surface area contributed by atoms with E-state index in [0.717, 1.165) is 148 Å². The van der Waals surface area contributed by atoms with Crippen LogP contribution in [0.25, 0.3) is 11.1 Å². The van der Waals surface area contributed by atoms with E-state index in [0.29, 0.717) is 0 Å². The summed E-state index contributed by atoms with van der Waals surface area (Å²) < 4.78 is 45.0. The summed E-state index contributed by atoms with van der Waals surface area (Å²) in [6.45, 7) is 0. The summed E-state index contributed by atoms with van der Waals surface area (Å²) in [5.74, 6) is 6.13. The van der Waals surface area contributed by atoms with E-state index < -0.39 is 0 Å². The maximum absolute atomic E-state index is 5.63. The quantitative estimate of drug-likeness (QED) is 0.0540. The van der Waals surface area contributed by atoms with Gasteiger partial charge in [0, 0.05) is 68.2 Å². The van der Waals surface area contributed by atoms with E-state index in [-0.39, 0.29) is 0 Å². The standard InChI is InChI=1S/C82H72N4O8/c1-87-73-41-25-65(26-42-73)83(66-27-43-74(88-2)44-28-66)61-17-9-57(10-18-61)81(58-11-19-62(20-12-58)84(67-29-45-75(89-3)46-30-67)68-31-47-76(90-4)48-32-68)82(59-13-21-63(22-14-59)85(69-33-49-77(91-5)50-34-69)70-35-51-78(92-6)52-36-70)60-15-23-64(24-16-60)86(71-37-53-79(93-7)54-38-71)72-39-55-80(94-8)56-40-72/h9-56H,1-8H3. The normalized spacial score (nSPS) is 10.8. The Morgan fingerprint density at radius 1 is 0.149 bits per heavy atom. The number of ether oxygens (including phenoxy) is 8. The minimum atomic E-state index is 0.766. The van der Waals surface area contributed by atoms with Gasteiger partial charge in [-0.15, -0.1) is 0 Å². The van der Waals surface area contributed by atoms with Gasteiger partial charge in [0.05, 0.1) is 56.9 Å². The largest absolute Gasteiger partial charge is 0.497 e. The molecule has 0 aliphatic carbocycles. The van der Waals surface area contributed by atoms with Crippen molar-refractivity contribution in [2.45, 2.75) is 0 Å². The van der Waals surface area contributed by atoms with Crippen molar-refractivity contribution in [1.82, 2.24) is 0 Å². The highest BCUT2D eigenvalue weighted by Crippen LogP contribution is 2.46. The second-order valence-electron chi connectivity index (χ2n) is 21.9. The first-order valence-electron chi connectivity index (χ1n) is 30.7. The number of methoxy groups -OCH3 is 8. The predicted molar refractivity (Wildman–Crippen MR) is 382 cm³/mol. The maximum atomic E-state index is 5.63. The van der Waals surface area contributed by atoms with Crippen molar-refractivity contribution in [2.75, 3.05) is 76.5 Å². The minimum Gasteiger partial charge on any atom is -0.497 e. The molecule has 0 unspecified atom stereocenters. The number of anilines is 12. The van der Waals surface area contributed by atoms with Crippen molar-refractivity contribution >= 4 is 79.4 Å². The Balaban J connectivity index is 1.08. The number of hydrogen-bond donors (Lipinski definition) is 0. The third-order valence-corrected chi connectivity index (χ3v) is 16.6. The predicted octanol–water partition coefficient (Wildman–Crippen LogP) is 20.6. The molecule has 0 fully saturated rings. The Bertz CT molecular complexity index is 3670. The van der Waals surface area contributed by atoms with Crippen molar-refractivity contribution < 1.29 is 37.9 Å². The molecule has 0 aromatic heterocycles. The van der Waals surface area contributed by atoms with Gasteiger partial charge in [0.1, 0.15) is 46.0 Å². The van der Waals surface area contributed by atoms with Crippen molar-refractivity contribution in [3.63, 3.8) is 0 Å². The Labute approximate surface area is 550 Å². The van der Waals surface area contributed by atoms with Crippen LogP contribution < -0.4 is 57.5 Å². The summed E-state index contributed by atoms with van der Waals surface area (Å²) in [5.41, 5.74) is 17.4. The molecule has 0 aliphatic heterocycles. The van der Waals surface area contributed by atoms with E-state index in [1.54, 1.807) is 56.9 Å². The van der Waals surface area contributed by atoms with Crippen molar-refractivity contribution in [2.24, 2.45) is 0 Å². The van der Waals surface area contributed by atoms with Gasteiger partial charge in [0.2, 0.25) is 0 Å². The van der Waals surface area contributed by atoms with Crippen LogP contribution in [0.4, 0.5) is 68.2 Å². The summed E-state index contributed by atoms with van der Waals surface area (Å²) >= 11 is 0. The number of hydrogen-bond acceptors (Lipinski definition) is 12. The van der Waals surface area contributed by atoms with Gasteiger partial charge in [-0.2, -0.15) is 0 Å². The highest BCUT2D eigenvalue weighted by atomic mass is 16.5. The van der Waals surface area contributed by atoms with Crippen LogP contribution in [0.15, 0.2) is 291 Å². The van der Waals surface area contributed by atoms with Gasteiger partial charge >= 0.3 is 0 Å². The van der Waals surface area contributed by atoms with Gasteiger partial charge in [-0.25, -0.2) is 0 Å². The van der Waals surface area contributed by atoms with Crippen LogP contribution in [0.3, 0.4) is 0 Å². The lowest BCUT2D eigenvalue weighted by Gasteiger charge is -2.28. The molecule has 12 rings (SSSR count). The van der Waals surface area contributed by atoms with Gasteiger partial charge in [-0.3, -0.25) is 0 Å². The monoisotopic (exact) mass is 1240 g/mol. The molecule has 0 heterocycles. The van der Waals surface area contributed by atoms with Crippen LogP contribution in [0.5, 0.6) is 46.0 Å². The molecule has 0 spiro atoms. The average Bonchev–Trinajstić information content (AvgIpc) is 0.779. The van der Waals surface area contributed by atoms with Crippen molar-refractivity contribution in [3.8, 4) is 46.0 Å². The summed E-state index contributed by atoms with van der Waals surface area (Å²) in [4.78, 5) is 8.95. The van der Waals surface area contributed by atoms with E-state index in [2.05, 4.69) is 214 Å². The van der Waals surface area contributed by atoms with Crippen LogP contribution in [0.2, 0.25) is 0 Å². The van der Waals surface area contributed by atoms with Crippen LogP contribution >= 0.6 is 0 Å². The first-order chi connectivity index (χ1) is 46.2. The molecule has 12 aromatic carbocycles. The molecule has 0 bridgehead atoms. The molecule has 0 saturated carbocycles. The van der Waals surface area contributed by atoms with Gasteiger partial charge in [-0.05, 0) is 276 Å². The number of nitrogens with zero attached hydrogens (tertiary/aromatic N) is 4. The number of benzene rings is 12. The zero-order chi connectivity index (χ0) is 64.9. The lowest BCUT2D eigenvalue weighted by molar-refractivity contribution is 0.414. The van der Waals surface area contributed by atoms with Crippen LogP contribution in [0.1, 0.15) is 22.3 Å². The fourth-order valence-electron chi connectivity index (χ4n) is 11.7. The molecule has 468 valence electrons. The third kappa shape index (κ3) is 13.5. The van der Waals surface area contributed by atoms with E-state index in [9.17, 15) is 0 Å². The summed E-state index contributed by atoms with van der Waals surface area (Å²) in [6, 6.07) is 100. The summed E-state index contributed by atoms with van der Waals surface area (Å²) in [6.07, 6.45) is 0. The molecule has 12 heteroatoms. The second-order valence-corrected chi connectivity index (χ2v) is 21.9. The fraction of sp³-hybridized carbons (Fsp3) is 0.0976. The van der Waals surface area contributed by atoms with Gasteiger partial charge in [0.15, 0.2) is 0 Å². The molecule has 94 heavy (non-hydrogen) atoms. The topological polar surface area (TPSA) is 86.8 Å². The van der Waals surface area contributed by atoms with E-state index >= 15 is 0 Å². The first-order valence-corrected chi connectivity index (χ1v) is 30.7. The van der Waals surface area contributed by atoms with Crippen molar-refractivity contribution in [3.05, 3.63) is 313 Å². The second kappa shape index (κ2) is 28.9. The van der Waals surface area contributed by atoms with Crippen molar-refractivity contribution in [1.29, 1.82) is 0 Å². The Hall–Kier alpha value is -12.0. The minimum absolute atomic E-state index is 0.766. The van der Waals surface area contributed by atoms with Gasteiger partial charge in [-0.1, -0.05) is 48.5 Å². The zero-order valence-electron chi connectivity index (χ0n) is 53.8. The molecule has 0 saturated heterocycles. The first kappa shape index (κ1) is 62.2. The molecule has 0 amide bonds. The van der Waals surface area contributed by atoms with Gasteiger partial charge in [0.25, 0.3) is 0 Å². The molecular formula is C82H72N4O8. The molecule has 0 aliphatic rings. The zero-order valence-corrected chi connectivity index (χ0v) is 53.8. The molecule has 0 N–H and O–H groups in total. The maximum Gasteiger partial charge on any atom is 0.119 e. The van der Waals surface area contributed by atoms with Gasteiger partial charge < -0.3 is 57.5 Å². The van der Waals surface area contributed by atoms with Crippen LogP contribution in [0, 0.1) is 0 Å². The Kier molecular flexibility index (Phi) is 19.1. The summed E-state index contributed by atoms with van der Waals surface area (Å²) in [5, 5.41) is 0.